The van der Waals surface area contributed by atoms with Crippen LogP contribution in [-0.4, -0.2) is 46.2 Å². The number of aryl methyl sites for hydroxylation is 2. The average Bonchev–Trinajstić information content (AvgIpc) is 2.61. The third-order valence-electron chi connectivity index (χ3n) is 4.72. The smallest absolute Gasteiger partial charge is 0.260 e. The lowest BCUT2D eigenvalue weighted by molar-refractivity contribution is -0.0533. The Labute approximate surface area is 152 Å². The molecule has 0 bridgehead atoms. The average molecular weight is 356 g/mol. The van der Waals surface area contributed by atoms with E-state index in [9.17, 15) is 14.7 Å². The van der Waals surface area contributed by atoms with Gasteiger partial charge < -0.3 is 19.7 Å². The predicted molar refractivity (Wildman–Crippen MR) is 98.6 cm³/mol. The molecule has 1 fully saturated rings. The van der Waals surface area contributed by atoms with Gasteiger partial charge in [-0.25, -0.2) is 0 Å². The third kappa shape index (κ3) is 3.96. The number of carbonyl (C=O) groups excluding carboxylic acids is 1. The van der Waals surface area contributed by atoms with Crippen LogP contribution in [0.15, 0.2) is 41.2 Å². The topological polar surface area (TPSA) is 82.6 Å². The lowest BCUT2D eigenvalue weighted by atomic mass is 9.93. The molecule has 26 heavy (non-hydrogen) atoms. The highest BCUT2D eigenvalue weighted by atomic mass is 16.5. The molecular weight excluding hydrogens is 332 g/mol. The highest BCUT2D eigenvalue weighted by molar-refractivity contribution is 5.94. The van der Waals surface area contributed by atoms with Crippen LogP contribution in [-0.2, 0) is 0 Å². The number of para-hydroxylation sites is 1. The van der Waals surface area contributed by atoms with Gasteiger partial charge in [0.25, 0.3) is 11.5 Å². The van der Waals surface area contributed by atoms with Crippen molar-refractivity contribution in [3.05, 3.63) is 63.6 Å². The fourth-order valence-electron chi connectivity index (χ4n) is 3.24. The zero-order valence-electron chi connectivity index (χ0n) is 15.1. The first-order chi connectivity index (χ1) is 12.4. The fourth-order valence-corrected chi connectivity index (χ4v) is 3.24. The van der Waals surface area contributed by atoms with E-state index < -0.39 is 11.2 Å². The van der Waals surface area contributed by atoms with Gasteiger partial charge in [-0.05, 0) is 50.5 Å². The summed E-state index contributed by atoms with van der Waals surface area (Å²) in [5.41, 5.74) is 0.257. The van der Waals surface area contributed by atoms with Gasteiger partial charge in [0.05, 0.1) is 6.54 Å². The van der Waals surface area contributed by atoms with Crippen LogP contribution in [0.1, 0.15) is 34.5 Å². The zero-order valence-corrected chi connectivity index (χ0v) is 15.1. The number of hydrogen-bond donors (Lipinski definition) is 2. The first-order valence-corrected chi connectivity index (χ1v) is 8.78. The molecule has 6 nitrogen and oxygen atoms in total. The van der Waals surface area contributed by atoms with Crippen molar-refractivity contribution >= 4 is 5.91 Å². The van der Waals surface area contributed by atoms with Crippen molar-refractivity contribution in [3.63, 3.8) is 0 Å². The summed E-state index contributed by atoms with van der Waals surface area (Å²) in [5.74, 6) is 0.361. The van der Waals surface area contributed by atoms with Crippen molar-refractivity contribution < 1.29 is 14.6 Å². The monoisotopic (exact) mass is 356 g/mol. The Bertz CT molecular complexity index is 861. The van der Waals surface area contributed by atoms with Gasteiger partial charge in [0.2, 0.25) is 0 Å². The number of piperidine rings is 1. The van der Waals surface area contributed by atoms with Crippen molar-refractivity contribution in [2.45, 2.75) is 32.3 Å². The number of nitrogens with zero attached hydrogens (tertiary/aromatic N) is 1. The maximum absolute atomic E-state index is 12.7. The molecule has 2 heterocycles. The molecule has 1 aliphatic heterocycles. The van der Waals surface area contributed by atoms with Crippen LogP contribution in [0.4, 0.5) is 0 Å². The SMILES string of the molecule is Cc1ccc(C(=O)N2CCCC(O)(COc3ccccc3C)C2)c(=O)[nH]1. The number of amides is 1. The van der Waals surface area contributed by atoms with E-state index in [0.29, 0.717) is 25.1 Å². The third-order valence-corrected chi connectivity index (χ3v) is 4.72. The summed E-state index contributed by atoms with van der Waals surface area (Å²) in [6.45, 7) is 4.47. The molecule has 1 unspecified atom stereocenters. The zero-order chi connectivity index (χ0) is 18.7. The van der Waals surface area contributed by atoms with Crippen LogP contribution in [0.25, 0.3) is 0 Å². The van der Waals surface area contributed by atoms with E-state index in [2.05, 4.69) is 4.98 Å². The number of aliphatic hydroxyl groups is 1. The quantitative estimate of drug-likeness (QED) is 0.878. The highest BCUT2D eigenvalue weighted by Gasteiger charge is 2.37. The Balaban J connectivity index is 1.70. The van der Waals surface area contributed by atoms with E-state index >= 15 is 0 Å². The van der Waals surface area contributed by atoms with Gasteiger partial charge in [-0.2, -0.15) is 0 Å². The number of β-amino-alcohol motifs (C(OH)–C–C–N with tert-alkyl or cyclic N) is 1. The number of aromatic nitrogens is 1. The fraction of sp³-hybridized carbons (Fsp3) is 0.400. The molecule has 138 valence electrons. The number of nitrogens with one attached hydrogen (secondary N) is 1. The van der Waals surface area contributed by atoms with Crippen molar-refractivity contribution in [3.8, 4) is 5.75 Å². The number of aromatic amines is 1. The first-order valence-electron chi connectivity index (χ1n) is 8.78. The second kappa shape index (κ2) is 7.33. The van der Waals surface area contributed by atoms with Gasteiger partial charge >= 0.3 is 0 Å². The Morgan fingerprint density at radius 2 is 2.04 bits per heavy atom. The molecule has 6 heteroatoms. The summed E-state index contributed by atoms with van der Waals surface area (Å²) in [7, 11) is 0. The van der Waals surface area contributed by atoms with Crippen molar-refractivity contribution in [2.75, 3.05) is 19.7 Å². The summed E-state index contributed by atoms with van der Waals surface area (Å²) in [4.78, 5) is 28.9. The van der Waals surface area contributed by atoms with Crippen LogP contribution >= 0.6 is 0 Å². The molecule has 1 aromatic heterocycles. The molecule has 0 aliphatic carbocycles. The van der Waals surface area contributed by atoms with Crippen LogP contribution in [0.5, 0.6) is 5.75 Å². The van der Waals surface area contributed by atoms with Crippen LogP contribution in [0, 0.1) is 13.8 Å². The van der Waals surface area contributed by atoms with E-state index in [-0.39, 0.29) is 24.6 Å². The number of likely N-dealkylation sites (tertiary alicyclic amines) is 1. The molecule has 1 atom stereocenters. The van der Waals surface area contributed by atoms with Gasteiger partial charge in [-0.3, -0.25) is 9.59 Å². The number of ether oxygens (including phenoxy) is 1. The summed E-state index contributed by atoms with van der Waals surface area (Å²) in [5, 5.41) is 10.9. The Morgan fingerprint density at radius 3 is 2.77 bits per heavy atom. The summed E-state index contributed by atoms with van der Waals surface area (Å²) >= 11 is 0. The number of pyridine rings is 1. The summed E-state index contributed by atoms with van der Waals surface area (Å²) < 4.78 is 5.80. The molecule has 1 aromatic carbocycles. The van der Waals surface area contributed by atoms with Gasteiger partial charge in [0.15, 0.2) is 0 Å². The molecule has 1 saturated heterocycles. The summed E-state index contributed by atoms with van der Waals surface area (Å²) in [6.07, 6.45) is 1.20. The minimum atomic E-state index is -1.13. The standard InChI is InChI=1S/C20H24N2O4/c1-14-6-3-4-7-17(14)26-13-20(25)10-5-11-22(12-20)19(24)16-9-8-15(2)21-18(16)23/h3-4,6-9,25H,5,10-13H2,1-2H3,(H,21,23). The van der Waals surface area contributed by atoms with Gasteiger partial charge in [-0.1, -0.05) is 18.2 Å². The molecule has 0 spiro atoms. The lowest BCUT2D eigenvalue weighted by Crippen LogP contribution is -2.53. The van der Waals surface area contributed by atoms with E-state index in [1.165, 1.54) is 11.0 Å². The number of benzene rings is 1. The Morgan fingerprint density at radius 1 is 1.27 bits per heavy atom. The second-order valence-corrected chi connectivity index (χ2v) is 6.99. The maximum Gasteiger partial charge on any atom is 0.260 e. The minimum Gasteiger partial charge on any atom is -0.490 e. The van der Waals surface area contributed by atoms with Crippen LogP contribution in [0.3, 0.4) is 0 Å². The van der Waals surface area contributed by atoms with Crippen molar-refractivity contribution in [1.29, 1.82) is 0 Å². The number of rotatable bonds is 4. The molecule has 3 rings (SSSR count). The lowest BCUT2D eigenvalue weighted by Gasteiger charge is -2.39. The largest absolute Gasteiger partial charge is 0.490 e. The van der Waals surface area contributed by atoms with E-state index in [1.54, 1.807) is 13.0 Å². The Hall–Kier alpha value is -2.60. The predicted octanol–water partition coefficient (Wildman–Crippen LogP) is 2.04. The number of carbonyl (C=O) groups is 1. The molecule has 2 N–H and O–H groups in total. The second-order valence-electron chi connectivity index (χ2n) is 6.99. The molecule has 1 amide bonds. The molecule has 1 aliphatic rings. The van der Waals surface area contributed by atoms with Crippen LogP contribution < -0.4 is 10.3 Å². The highest BCUT2D eigenvalue weighted by Crippen LogP contribution is 2.25. The van der Waals surface area contributed by atoms with Crippen molar-refractivity contribution in [1.82, 2.24) is 9.88 Å². The normalized spacial score (nSPS) is 20.0. The van der Waals surface area contributed by atoms with Gasteiger partial charge in [0.1, 0.15) is 23.5 Å². The number of H-pyrrole nitrogens is 1. The van der Waals surface area contributed by atoms with E-state index in [4.69, 9.17) is 4.74 Å². The summed E-state index contributed by atoms with van der Waals surface area (Å²) in [6, 6.07) is 10.8. The minimum absolute atomic E-state index is 0.0969. The molecular formula is C20H24N2O4. The van der Waals surface area contributed by atoms with Crippen molar-refractivity contribution in [2.24, 2.45) is 0 Å². The van der Waals surface area contributed by atoms with E-state index in [1.807, 2.05) is 31.2 Å². The van der Waals surface area contributed by atoms with Crippen LogP contribution in [0.2, 0.25) is 0 Å². The maximum atomic E-state index is 12.7. The molecule has 0 saturated carbocycles. The molecule has 2 aromatic rings. The molecule has 0 radical (unpaired) electrons. The van der Waals surface area contributed by atoms with Gasteiger partial charge in [0, 0.05) is 12.2 Å². The Kier molecular flexibility index (Phi) is 5.13. The first kappa shape index (κ1) is 18.2. The number of hydrogen-bond acceptors (Lipinski definition) is 4. The van der Waals surface area contributed by atoms with Gasteiger partial charge in [-0.15, -0.1) is 0 Å². The van der Waals surface area contributed by atoms with E-state index in [0.717, 1.165) is 11.3 Å².